The van der Waals surface area contributed by atoms with Gasteiger partial charge in [-0.25, -0.2) is 12.7 Å². The number of sulfonamides is 1. The van der Waals surface area contributed by atoms with E-state index in [9.17, 15) is 13.2 Å². The first-order chi connectivity index (χ1) is 13.8. The van der Waals surface area contributed by atoms with Crippen molar-refractivity contribution >= 4 is 27.3 Å². The Balaban J connectivity index is 1.90. The Morgan fingerprint density at radius 1 is 1.14 bits per heavy atom. The van der Waals surface area contributed by atoms with Gasteiger partial charge in [0.1, 0.15) is 10.6 Å². The van der Waals surface area contributed by atoms with Crippen LogP contribution in [0.15, 0.2) is 35.2 Å². The second-order valence-corrected chi connectivity index (χ2v) is 9.50. The van der Waals surface area contributed by atoms with Crippen LogP contribution in [0.3, 0.4) is 0 Å². The van der Waals surface area contributed by atoms with Crippen molar-refractivity contribution in [3.63, 3.8) is 0 Å². The number of anilines is 2. The van der Waals surface area contributed by atoms with Crippen LogP contribution in [0.4, 0.5) is 11.4 Å². The minimum atomic E-state index is -3.74. The van der Waals surface area contributed by atoms with Gasteiger partial charge in [-0.3, -0.25) is 4.79 Å². The van der Waals surface area contributed by atoms with Crippen molar-refractivity contribution in [3.8, 4) is 11.5 Å². The number of carbonyl (C=O) groups excluding carboxylic acids is 1. The van der Waals surface area contributed by atoms with Gasteiger partial charge >= 0.3 is 0 Å². The predicted octanol–water partition coefficient (Wildman–Crippen LogP) is 3.59. The molecule has 1 amide bonds. The lowest BCUT2D eigenvalue weighted by atomic mass is 10.1. The fourth-order valence-electron chi connectivity index (χ4n) is 3.70. The first-order valence-corrected chi connectivity index (χ1v) is 11.2. The molecular formula is C21H25N3O4S. The molecule has 0 bridgehead atoms. The summed E-state index contributed by atoms with van der Waals surface area (Å²) in [6, 6.07) is 8.71. The number of rotatable bonds is 4. The van der Waals surface area contributed by atoms with Crippen molar-refractivity contribution in [1.29, 1.82) is 0 Å². The molecule has 1 N–H and O–H groups in total. The quantitative estimate of drug-likeness (QED) is 0.826. The Kier molecular flexibility index (Phi) is 5.00. The van der Waals surface area contributed by atoms with E-state index in [0.717, 1.165) is 31.5 Å². The maximum absolute atomic E-state index is 13.2. The minimum Gasteiger partial charge on any atom is -0.454 e. The number of benzene rings is 2. The molecule has 4 rings (SSSR count). The summed E-state index contributed by atoms with van der Waals surface area (Å²) in [6.07, 6.45) is 2.01. The van der Waals surface area contributed by atoms with Crippen LogP contribution < -0.4 is 15.0 Å². The normalized spacial score (nSPS) is 16.1. The highest BCUT2D eigenvalue weighted by Crippen LogP contribution is 2.41. The molecule has 0 aliphatic carbocycles. The fraction of sp³-hybridized carbons (Fsp3) is 0.381. The molecule has 0 unspecified atom stereocenters. The average molecular weight is 416 g/mol. The lowest BCUT2D eigenvalue weighted by molar-refractivity contribution is 0.102. The summed E-state index contributed by atoms with van der Waals surface area (Å²) in [5.41, 5.74) is 2.36. The van der Waals surface area contributed by atoms with E-state index in [1.165, 1.54) is 10.4 Å². The van der Waals surface area contributed by atoms with Crippen LogP contribution in [0.1, 0.15) is 35.7 Å². The summed E-state index contributed by atoms with van der Waals surface area (Å²) in [5.74, 6) is 0.523. The van der Waals surface area contributed by atoms with Crippen LogP contribution >= 0.6 is 0 Å². The Labute approximate surface area is 171 Å². The monoisotopic (exact) mass is 415 g/mol. The molecule has 1 saturated heterocycles. The molecule has 154 valence electrons. The number of carbonyl (C=O) groups is 1. The molecule has 0 saturated carbocycles. The molecule has 0 radical (unpaired) electrons. The van der Waals surface area contributed by atoms with E-state index < -0.39 is 10.0 Å². The molecular weight excluding hydrogens is 390 g/mol. The SMILES string of the molecule is CCN(C)S(=O)(=O)c1cc2c(cc1N1CCCC1)Oc1ccc(C)cc1NC2=O. The first kappa shape index (κ1) is 19.7. The first-order valence-electron chi connectivity index (χ1n) is 9.80. The Bertz CT molecular complexity index is 1080. The predicted molar refractivity (Wildman–Crippen MR) is 113 cm³/mol. The number of hydrogen-bond acceptors (Lipinski definition) is 5. The van der Waals surface area contributed by atoms with E-state index >= 15 is 0 Å². The third-order valence-corrected chi connectivity index (χ3v) is 7.45. The van der Waals surface area contributed by atoms with Crippen LogP contribution in [-0.2, 0) is 10.0 Å². The van der Waals surface area contributed by atoms with Gasteiger partial charge < -0.3 is 15.0 Å². The largest absolute Gasteiger partial charge is 0.454 e. The zero-order chi connectivity index (χ0) is 20.8. The van der Waals surface area contributed by atoms with E-state index in [4.69, 9.17) is 4.74 Å². The number of nitrogens with one attached hydrogen (secondary N) is 1. The van der Waals surface area contributed by atoms with E-state index in [0.29, 0.717) is 29.4 Å². The lowest BCUT2D eigenvalue weighted by Gasteiger charge is -2.25. The third kappa shape index (κ3) is 3.47. The van der Waals surface area contributed by atoms with Crippen LogP contribution in [0, 0.1) is 6.92 Å². The van der Waals surface area contributed by atoms with Gasteiger partial charge in [0.25, 0.3) is 5.91 Å². The molecule has 2 heterocycles. The number of nitrogens with zero attached hydrogens (tertiary/aromatic N) is 2. The smallest absolute Gasteiger partial charge is 0.259 e. The number of hydrogen-bond donors (Lipinski definition) is 1. The second-order valence-electron chi connectivity index (χ2n) is 7.49. The van der Waals surface area contributed by atoms with Crippen LogP contribution in [-0.4, -0.2) is 45.3 Å². The van der Waals surface area contributed by atoms with Gasteiger partial charge in [0.15, 0.2) is 5.75 Å². The molecule has 2 aromatic carbocycles. The molecule has 0 spiro atoms. The highest BCUT2D eigenvalue weighted by molar-refractivity contribution is 7.89. The molecule has 0 aromatic heterocycles. The summed E-state index contributed by atoms with van der Waals surface area (Å²) in [5, 5.41) is 2.84. The van der Waals surface area contributed by atoms with E-state index in [1.54, 1.807) is 20.0 Å². The summed E-state index contributed by atoms with van der Waals surface area (Å²) in [6.45, 7) is 5.61. The second kappa shape index (κ2) is 7.35. The van der Waals surface area contributed by atoms with Crippen molar-refractivity contribution in [1.82, 2.24) is 4.31 Å². The number of ether oxygens (including phenoxy) is 1. The van der Waals surface area contributed by atoms with E-state index in [1.807, 2.05) is 25.1 Å². The van der Waals surface area contributed by atoms with E-state index in [2.05, 4.69) is 10.2 Å². The minimum absolute atomic E-state index is 0.142. The van der Waals surface area contributed by atoms with Gasteiger partial charge in [-0.05, 0) is 43.5 Å². The highest BCUT2D eigenvalue weighted by Gasteiger charge is 2.31. The van der Waals surface area contributed by atoms with Crippen LogP contribution in [0.2, 0.25) is 0 Å². The maximum Gasteiger partial charge on any atom is 0.259 e. The molecule has 2 aliphatic heterocycles. The van der Waals surface area contributed by atoms with Gasteiger partial charge in [-0.1, -0.05) is 13.0 Å². The number of amides is 1. The molecule has 2 aliphatic rings. The standard InChI is InChI=1S/C21H25N3O4S/c1-4-23(3)29(26,27)20-12-15-19(13-17(20)24-9-5-6-10-24)28-18-8-7-14(2)11-16(18)22-21(15)25/h7-8,11-13H,4-6,9-10H2,1-3H3,(H,22,25). The average Bonchev–Trinajstić information content (AvgIpc) is 3.19. The highest BCUT2D eigenvalue weighted by atomic mass is 32.2. The van der Waals surface area contributed by atoms with Crippen LogP contribution in [0.5, 0.6) is 11.5 Å². The summed E-state index contributed by atoms with van der Waals surface area (Å²) in [4.78, 5) is 15.1. The Morgan fingerprint density at radius 2 is 1.86 bits per heavy atom. The Morgan fingerprint density at radius 3 is 2.55 bits per heavy atom. The molecule has 0 atom stereocenters. The zero-order valence-corrected chi connectivity index (χ0v) is 17.7. The van der Waals surface area contributed by atoms with Crippen LogP contribution in [0.25, 0.3) is 0 Å². The van der Waals surface area contributed by atoms with Gasteiger partial charge in [-0.15, -0.1) is 0 Å². The van der Waals surface area contributed by atoms with Crippen molar-refractivity contribution in [2.24, 2.45) is 0 Å². The molecule has 8 heteroatoms. The molecule has 7 nitrogen and oxygen atoms in total. The number of aryl methyl sites for hydroxylation is 1. The lowest BCUT2D eigenvalue weighted by Crippen LogP contribution is -2.30. The molecule has 1 fully saturated rings. The van der Waals surface area contributed by atoms with Crippen molar-refractivity contribution in [3.05, 3.63) is 41.5 Å². The molecule has 2 aromatic rings. The molecule has 29 heavy (non-hydrogen) atoms. The van der Waals surface area contributed by atoms with Crippen molar-refractivity contribution in [2.45, 2.75) is 31.6 Å². The van der Waals surface area contributed by atoms with Gasteiger partial charge in [0.2, 0.25) is 10.0 Å². The Hall–Kier alpha value is -2.58. The van der Waals surface area contributed by atoms with Crippen molar-refractivity contribution in [2.75, 3.05) is 36.9 Å². The van der Waals surface area contributed by atoms with Crippen molar-refractivity contribution < 1.29 is 17.9 Å². The topological polar surface area (TPSA) is 79.0 Å². The summed E-state index contributed by atoms with van der Waals surface area (Å²) >= 11 is 0. The van der Waals surface area contributed by atoms with Gasteiger partial charge in [0, 0.05) is 32.7 Å². The number of fused-ring (bicyclic) bond motifs is 2. The maximum atomic E-state index is 13.2. The van der Waals surface area contributed by atoms with E-state index in [-0.39, 0.29) is 16.4 Å². The summed E-state index contributed by atoms with van der Waals surface area (Å²) < 4.78 is 33.8. The van der Waals surface area contributed by atoms with Gasteiger partial charge in [-0.2, -0.15) is 0 Å². The fourth-order valence-corrected chi connectivity index (χ4v) is 5.09. The summed E-state index contributed by atoms with van der Waals surface area (Å²) in [7, 11) is -2.20. The zero-order valence-electron chi connectivity index (χ0n) is 16.9. The third-order valence-electron chi connectivity index (χ3n) is 5.49. The van der Waals surface area contributed by atoms with Gasteiger partial charge in [0.05, 0.1) is 16.9 Å².